The van der Waals surface area contributed by atoms with Gasteiger partial charge in [-0.15, -0.1) is 0 Å². The van der Waals surface area contributed by atoms with E-state index in [2.05, 4.69) is 20.3 Å². The molecule has 0 bridgehead atoms. The van der Waals surface area contributed by atoms with Crippen LogP contribution in [0.4, 0.5) is 23.3 Å². The van der Waals surface area contributed by atoms with E-state index in [0.717, 1.165) is 0 Å². The zero-order chi connectivity index (χ0) is 19.1. The lowest BCUT2D eigenvalue weighted by Gasteiger charge is -2.30. The molecule has 2 aromatic rings. The Morgan fingerprint density at radius 3 is 2.64 bits per heavy atom. The van der Waals surface area contributed by atoms with Crippen molar-refractivity contribution < 1.29 is 14.3 Å². The van der Waals surface area contributed by atoms with Crippen molar-refractivity contribution in [2.75, 3.05) is 41.4 Å². The Morgan fingerprint density at radius 2 is 1.86 bits per heavy atom. The number of carbonyl (C=O) groups is 2. The summed E-state index contributed by atoms with van der Waals surface area (Å²) < 4.78 is 5.38. The summed E-state index contributed by atoms with van der Waals surface area (Å²) in [5, 5.41) is 2.79. The van der Waals surface area contributed by atoms with Gasteiger partial charge >= 0.3 is 0 Å². The smallest absolute Gasteiger partial charge is 0.240 e. The van der Waals surface area contributed by atoms with Crippen molar-refractivity contribution in [2.45, 2.75) is 12.3 Å². The van der Waals surface area contributed by atoms with Gasteiger partial charge in [0.05, 0.1) is 24.7 Å². The molecule has 1 fully saturated rings. The summed E-state index contributed by atoms with van der Waals surface area (Å²) in [4.78, 5) is 42.6. The summed E-state index contributed by atoms with van der Waals surface area (Å²) in [6.45, 7) is 2.51. The monoisotopic (exact) mass is 378 g/mol. The number of hydrogen-bond acceptors (Lipinski definition) is 7. The van der Waals surface area contributed by atoms with Gasteiger partial charge < -0.3 is 15.0 Å². The van der Waals surface area contributed by atoms with E-state index in [4.69, 9.17) is 4.74 Å². The van der Waals surface area contributed by atoms with Gasteiger partial charge in [-0.25, -0.2) is 4.99 Å². The van der Waals surface area contributed by atoms with Crippen LogP contribution in [0.25, 0.3) is 0 Å². The number of hydrogen-bond donors (Lipinski definition) is 1. The summed E-state index contributed by atoms with van der Waals surface area (Å²) in [5.41, 5.74) is 1.27. The Labute approximate surface area is 161 Å². The molecule has 3 aliphatic heterocycles. The molecule has 9 heteroatoms. The summed E-state index contributed by atoms with van der Waals surface area (Å²) in [6.07, 6.45) is 1.53. The second kappa shape index (κ2) is 6.68. The third kappa shape index (κ3) is 2.80. The molecule has 0 unspecified atom stereocenters. The summed E-state index contributed by atoms with van der Waals surface area (Å²) in [7, 11) is 0. The predicted octanol–water partition coefficient (Wildman–Crippen LogP) is 1.45. The molecule has 28 heavy (non-hydrogen) atoms. The lowest BCUT2D eigenvalue weighted by Crippen LogP contribution is -2.39. The second-order valence-electron chi connectivity index (χ2n) is 6.80. The number of carbonyl (C=O) groups excluding carboxylic acids is 2. The van der Waals surface area contributed by atoms with Gasteiger partial charge in [-0.05, 0) is 12.1 Å². The molecule has 1 atom stereocenters. The molecule has 1 aromatic heterocycles. The van der Waals surface area contributed by atoms with Crippen molar-refractivity contribution in [3.63, 3.8) is 0 Å². The van der Waals surface area contributed by atoms with E-state index in [1.807, 2.05) is 35.2 Å². The number of aromatic nitrogens is 2. The highest BCUT2D eigenvalue weighted by Gasteiger charge is 2.39. The maximum Gasteiger partial charge on any atom is 0.240 e. The van der Waals surface area contributed by atoms with E-state index in [0.29, 0.717) is 55.1 Å². The lowest BCUT2D eigenvalue weighted by molar-refractivity contribution is -0.123. The average molecular weight is 378 g/mol. The van der Waals surface area contributed by atoms with Gasteiger partial charge in [-0.2, -0.15) is 9.97 Å². The van der Waals surface area contributed by atoms with E-state index < -0.39 is 5.92 Å². The van der Waals surface area contributed by atoms with Crippen LogP contribution in [0.3, 0.4) is 0 Å². The topological polar surface area (TPSA) is 100 Å². The SMILES string of the molecule is O=C1C[C@@H]2C(=O)N(c3ccccc3)C=Nc3nc(N4CCOCC4)nc(c32)N1. The van der Waals surface area contributed by atoms with Crippen molar-refractivity contribution in [1.29, 1.82) is 0 Å². The van der Waals surface area contributed by atoms with E-state index >= 15 is 0 Å². The third-order valence-electron chi connectivity index (χ3n) is 5.07. The number of rotatable bonds is 2. The van der Waals surface area contributed by atoms with Crippen molar-refractivity contribution >= 4 is 41.4 Å². The van der Waals surface area contributed by atoms with Crippen LogP contribution in [0.15, 0.2) is 35.3 Å². The van der Waals surface area contributed by atoms with Crippen LogP contribution in [0.2, 0.25) is 0 Å². The van der Waals surface area contributed by atoms with Gasteiger partial charge in [0.2, 0.25) is 17.8 Å². The van der Waals surface area contributed by atoms with E-state index in [-0.39, 0.29) is 18.2 Å². The fraction of sp³-hybridized carbons (Fsp3) is 0.316. The number of para-hydroxylation sites is 1. The number of aliphatic imine (C=N–C) groups is 1. The molecule has 0 spiro atoms. The van der Waals surface area contributed by atoms with Gasteiger partial charge in [0, 0.05) is 25.2 Å². The van der Waals surface area contributed by atoms with Crippen LogP contribution >= 0.6 is 0 Å². The van der Waals surface area contributed by atoms with Crippen molar-refractivity contribution in [3.05, 3.63) is 35.9 Å². The minimum Gasteiger partial charge on any atom is -0.378 e. The van der Waals surface area contributed by atoms with Gasteiger partial charge in [0.1, 0.15) is 12.2 Å². The first-order chi connectivity index (χ1) is 13.7. The molecule has 2 amide bonds. The highest BCUT2D eigenvalue weighted by molar-refractivity contribution is 6.16. The number of anilines is 3. The number of ether oxygens (including phenoxy) is 1. The Balaban J connectivity index is 1.62. The summed E-state index contributed by atoms with van der Waals surface area (Å²) in [6, 6.07) is 9.24. The van der Waals surface area contributed by atoms with Crippen LogP contribution in [0.5, 0.6) is 0 Å². The number of benzene rings is 1. The van der Waals surface area contributed by atoms with Gasteiger partial charge in [-0.3, -0.25) is 14.5 Å². The molecule has 0 aliphatic carbocycles. The molecule has 9 nitrogen and oxygen atoms in total. The number of morpholine rings is 1. The van der Waals surface area contributed by atoms with Crippen LogP contribution in [0, 0.1) is 0 Å². The number of nitrogens with zero attached hydrogens (tertiary/aromatic N) is 5. The molecular weight excluding hydrogens is 360 g/mol. The number of amides is 2. The molecule has 0 saturated carbocycles. The first-order valence-corrected chi connectivity index (χ1v) is 9.17. The quantitative estimate of drug-likeness (QED) is 0.849. The lowest BCUT2D eigenvalue weighted by atomic mass is 9.91. The molecule has 1 aromatic carbocycles. The molecule has 1 N–H and O–H groups in total. The molecule has 5 rings (SSSR count). The van der Waals surface area contributed by atoms with Gasteiger partial charge in [0.25, 0.3) is 0 Å². The first-order valence-electron chi connectivity index (χ1n) is 9.17. The zero-order valence-corrected chi connectivity index (χ0v) is 15.0. The molecule has 142 valence electrons. The minimum atomic E-state index is -0.666. The maximum absolute atomic E-state index is 13.2. The van der Waals surface area contributed by atoms with Crippen LogP contribution in [-0.4, -0.2) is 54.4 Å². The molecule has 0 radical (unpaired) electrons. The fourth-order valence-corrected chi connectivity index (χ4v) is 3.67. The van der Waals surface area contributed by atoms with Gasteiger partial charge in [-0.1, -0.05) is 18.2 Å². The Hall–Kier alpha value is -3.33. The first kappa shape index (κ1) is 16.8. The Morgan fingerprint density at radius 1 is 1.07 bits per heavy atom. The predicted molar refractivity (Wildman–Crippen MR) is 103 cm³/mol. The third-order valence-corrected chi connectivity index (χ3v) is 5.07. The zero-order valence-electron chi connectivity index (χ0n) is 15.0. The summed E-state index contributed by atoms with van der Waals surface area (Å²) in [5.74, 6) is 0.151. The van der Waals surface area contributed by atoms with Crippen LogP contribution < -0.4 is 15.1 Å². The molecule has 3 aliphatic rings. The van der Waals surface area contributed by atoms with Crippen LogP contribution in [0.1, 0.15) is 17.9 Å². The summed E-state index contributed by atoms with van der Waals surface area (Å²) >= 11 is 0. The molecular formula is C19H18N6O3. The highest BCUT2D eigenvalue weighted by Crippen LogP contribution is 2.41. The average Bonchev–Trinajstić information content (AvgIpc) is 2.87. The molecule has 4 heterocycles. The number of nitrogens with one attached hydrogen (secondary N) is 1. The van der Waals surface area contributed by atoms with E-state index in [1.165, 1.54) is 11.2 Å². The molecule has 1 saturated heterocycles. The van der Waals surface area contributed by atoms with Crippen molar-refractivity contribution in [2.24, 2.45) is 4.99 Å². The van der Waals surface area contributed by atoms with Crippen molar-refractivity contribution in [1.82, 2.24) is 9.97 Å². The minimum absolute atomic E-state index is 0.0474. The second-order valence-corrected chi connectivity index (χ2v) is 6.80. The van der Waals surface area contributed by atoms with E-state index in [1.54, 1.807) is 0 Å². The normalized spacial score (nSPS) is 21.2. The van der Waals surface area contributed by atoms with Gasteiger partial charge in [0.15, 0.2) is 5.82 Å². The maximum atomic E-state index is 13.2. The van der Waals surface area contributed by atoms with E-state index in [9.17, 15) is 9.59 Å². The fourth-order valence-electron chi connectivity index (χ4n) is 3.67. The Kier molecular flexibility index (Phi) is 4.01. The largest absolute Gasteiger partial charge is 0.378 e. The standard InChI is InChI=1S/C19H18N6O3/c26-14-10-13-15-16(20-11-25(18(13)27)12-4-2-1-3-5-12)22-19(23-17(15)21-14)24-6-8-28-9-7-24/h1-5,11,13H,6-10H2,(H,21,22,23,26)/t13-/m0/s1. The Bertz CT molecular complexity index is 971. The van der Waals surface area contributed by atoms with Crippen molar-refractivity contribution in [3.8, 4) is 0 Å². The van der Waals surface area contributed by atoms with Crippen LogP contribution in [-0.2, 0) is 14.3 Å². The highest BCUT2D eigenvalue weighted by atomic mass is 16.5.